The second-order valence-electron chi connectivity index (χ2n) is 5.31. The van der Waals surface area contributed by atoms with E-state index in [2.05, 4.69) is 20.2 Å². The first-order chi connectivity index (χ1) is 10.7. The quantitative estimate of drug-likeness (QED) is 0.844. The summed E-state index contributed by atoms with van der Waals surface area (Å²) in [5.41, 5.74) is 3.11. The molecule has 6 nitrogen and oxygen atoms in total. The molecule has 0 saturated heterocycles. The molecular weight excluding hydrogens is 287 g/mol. The molecule has 0 radical (unpaired) electrons. The Morgan fingerprint density at radius 1 is 1.27 bits per heavy atom. The van der Waals surface area contributed by atoms with Crippen LogP contribution in [0.5, 0.6) is 11.9 Å². The molecule has 0 aliphatic heterocycles. The van der Waals surface area contributed by atoms with Crippen LogP contribution in [0, 0.1) is 12.8 Å². The van der Waals surface area contributed by atoms with E-state index in [9.17, 15) is 4.39 Å². The maximum absolute atomic E-state index is 12.8. The van der Waals surface area contributed by atoms with Gasteiger partial charge in [0.2, 0.25) is 5.88 Å². The van der Waals surface area contributed by atoms with Crippen LogP contribution in [0.4, 0.5) is 4.39 Å². The van der Waals surface area contributed by atoms with Gasteiger partial charge in [0.05, 0.1) is 32.2 Å². The molecule has 1 saturated carbocycles. The topological polar surface area (TPSA) is 70.0 Å². The number of rotatable bonds is 5. The highest BCUT2D eigenvalue weighted by atomic mass is 19.1. The van der Waals surface area contributed by atoms with E-state index in [-0.39, 0.29) is 24.5 Å². The zero-order valence-corrected chi connectivity index (χ0v) is 12.7. The van der Waals surface area contributed by atoms with E-state index >= 15 is 0 Å². The van der Waals surface area contributed by atoms with Crippen LogP contribution >= 0.6 is 0 Å². The van der Waals surface area contributed by atoms with Gasteiger partial charge in [-0.15, -0.1) is 5.10 Å². The van der Waals surface area contributed by atoms with Gasteiger partial charge in [-0.05, 0) is 36.8 Å². The minimum atomic E-state index is -0.295. The van der Waals surface area contributed by atoms with Crippen molar-refractivity contribution in [1.82, 2.24) is 20.2 Å². The summed E-state index contributed by atoms with van der Waals surface area (Å²) in [5, 5.41) is 8.38. The summed E-state index contributed by atoms with van der Waals surface area (Å²) >= 11 is 0. The first-order valence-electron chi connectivity index (χ1n) is 7.03. The summed E-state index contributed by atoms with van der Waals surface area (Å²) in [6, 6.07) is 2.15. The third kappa shape index (κ3) is 2.58. The molecule has 2 aromatic heterocycles. The van der Waals surface area contributed by atoms with Gasteiger partial charge in [0, 0.05) is 6.20 Å². The molecule has 0 unspecified atom stereocenters. The predicted octanol–water partition coefficient (Wildman–Crippen LogP) is 2.33. The van der Waals surface area contributed by atoms with E-state index in [0.717, 1.165) is 17.7 Å². The van der Waals surface area contributed by atoms with Crippen molar-refractivity contribution in [1.29, 1.82) is 0 Å². The van der Waals surface area contributed by atoms with Crippen molar-refractivity contribution in [3.8, 4) is 23.1 Å². The SMILES string of the molecule is COc1ncc(-c2cc([C@H]3C[C@@H]3CF)c(C)nn2)c(OC)n1. The molecule has 7 heteroatoms. The minimum Gasteiger partial charge on any atom is -0.480 e. The Bertz CT molecular complexity index is 695. The van der Waals surface area contributed by atoms with Gasteiger partial charge in [-0.1, -0.05) is 0 Å². The summed E-state index contributed by atoms with van der Waals surface area (Å²) in [4.78, 5) is 8.23. The fraction of sp³-hybridized carbons (Fsp3) is 0.467. The van der Waals surface area contributed by atoms with Crippen molar-refractivity contribution >= 4 is 0 Å². The summed E-state index contributed by atoms with van der Waals surface area (Å²) in [5.74, 6) is 0.697. The highest BCUT2D eigenvalue weighted by molar-refractivity contribution is 5.64. The molecule has 1 aliphatic rings. The summed E-state index contributed by atoms with van der Waals surface area (Å²) in [6.45, 7) is 1.60. The van der Waals surface area contributed by atoms with E-state index in [4.69, 9.17) is 9.47 Å². The number of alkyl halides is 1. The van der Waals surface area contributed by atoms with Gasteiger partial charge in [0.25, 0.3) is 0 Å². The fourth-order valence-electron chi connectivity index (χ4n) is 2.55. The Morgan fingerprint density at radius 2 is 2.09 bits per heavy atom. The zero-order valence-electron chi connectivity index (χ0n) is 12.7. The van der Waals surface area contributed by atoms with Crippen molar-refractivity contribution in [3.63, 3.8) is 0 Å². The van der Waals surface area contributed by atoms with Crippen LogP contribution in [-0.2, 0) is 0 Å². The highest BCUT2D eigenvalue weighted by Gasteiger charge is 2.39. The van der Waals surface area contributed by atoms with Gasteiger partial charge in [-0.3, -0.25) is 4.39 Å². The highest BCUT2D eigenvalue weighted by Crippen LogP contribution is 2.48. The standard InChI is InChI=1S/C15H17FN4O2/c1-8-10(11-4-9(11)6-16)5-13(20-19-8)12-7-17-15(22-3)18-14(12)21-2/h5,7,9,11H,4,6H2,1-3H3/t9-,11+/m1/s1. The van der Waals surface area contributed by atoms with E-state index < -0.39 is 0 Å². The average Bonchev–Trinajstić information content (AvgIpc) is 3.34. The van der Waals surface area contributed by atoms with E-state index in [0.29, 0.717) is 17.1 Å². The first-order valence-corrected chi connectivity index (χ1v) is 7.03. The largest absolute Gasteiger partial charge is 0.480 e. The molecule has 0 amide bonds. The summed E-state index contributed by atoms with van der Waals surface area (Å²) in [6.07, 6.45) is 2.45. The number of ether oxygens (including phenoxy) is 2. The molecular formula is C15H17FN4O2. The molecule has 0 spiro atoms. The van der Waals surface area contributed by atoms with E-state index in [1.807, 2.05) is 13.0 Å². The van der Waals surface area contributed by atoms with Gasteiger partial charge < -0.3 is 9.47 Å². The van der Waals surface area contributed by atoms with Crippen molar-refractivity contribution in [2.75, 3.05) is 20.9 Å². The van der Waals surface area contributed by atoms with Gasteiger partial charge >= 0.3 is 6.01 Å². The number of hydrogen-bond acceptors (Lipinski definition) is 6. The first kappa shape index (κ1) is 14.6. The van der Waals surface area contributed by atoms with Gasteiger partial charge in [-0.25, -0.2) is 4.98 Å². The van der Waals surface area contributed by atoms with E-state index in [1.165, 1.54) is 14.2 Å². The third-order valence-corrected chi connectivity index (χ3v) is 3.92. The Hall–Kier alpha value is -2.31. The Morgan fingerprint density at radius 3 is 2.73 bits per heavy atom. The predicted molar refractivity (Wildman–Crippen MR) is 77.7 cm³/mol. The van der Waals surface area contributed by atoms with Crippen LogP contribution in [0.1, 0.15) is 23.6 Å². The van der Waals surface area contributed by atoms with Gasteiger partial charge in [0.15, 0.2) is 0 Å². The normalized spacial score (nSPS) is 19.8. The molecule has 2 heterocycles. The Labute approximate surface area is 127 Å². The maximum atomic E-state index is 12.8. The number of nitrogens with zero attached hydrogens (tertiary/aromatic N) is 4. The van der Waals surface area contributed by atoms with Gasteiger partial charge in [0.1, 0.15) is 5.69 Å². The fourth-order valence-corrected chi connectivity index (χ4v) is 2.55. The van der Waals surface area contributed by atoms with Crippen molar-refractivity contribution in [2.24, 2.45) is 5.92 Å². The lowest BCUT2D eigenvalue weighted by atomic mass is 10.1. The number of aryl methyl sites for hydroxylation is 1. The molecule has 0 aromatic carbocycles. The van der Waals surface area contributed by atoms with Gasteiger partial charge in [-0.2, -0.15) is 10.1 Å². The van der Waals surface area contributed by atoms with Crippen LogP contribution in [0.3, 0.4) is 0 Å². The summed E-state index contributed by atoms with van der Waals surface area (Å²) < 4.78 is 23.0. The molecule has 2 atom stereocenters. The monoisotopic (exact) mass is 304 g/mol. The average molecular weight is 304 g/mol. The summed E-state index contributed by atoms with van der Waals surface area (Å²) in [7, 11) is 3.01. The number of aromatic nitrogens is 4. The Balaban J connectivity index is 2.00. The second-order valence-corrected chi connectivity index (χ2v) is 5.31. The van der Waals surface area contributed by atoms with Crippen molar-refractivity contribution < 1.29 is 13.9 Å². The number of methoxy groups -OCH3 is 2. The third-order valence-electron chi connectivity index (χ3n) is 3.92. The van der Waals surface area contributed by atoms with Crippen LogP contribution in [0.15, 0.2) is 12.3 Å². The minimum absolute atomic E-state index is 0.102. The second kappa shape index (κ2) is 5.82. The smallest absolute Gasteiger partial charge is 0.319 e. The van der Waals surface area contributed by atoms with E-state index in [1.54, 1.807) is 6.20 Å². The number of hydrogen-bond donors (Lipinski definition) is 0. The van der Waals surface area contributed by atoms with Crippen LogP contribution in [-0.4, -0.2) is 41.1 Å². The molecule has 22 heavy (non-hydrogen) atoms. The lowest BCUT2D eigenvalue weighted by Crippen LogP contribution is -2.02. The lowest BCUT2D eigenvalue weighted by Gasteiger charge is -2.10. The van der Waals surface area contributed by atoms with Crippen molar-refractivity contribution in [3.05, 3.63) is 23.5 Å². The van der Waals surface area contributed by atoms with Crippen LogP contribution < -0.4 is 9.47 Å². The Kier molecular flexibility index (Phi) is 3.87. The molecule has 2 aromatic rings. The van der Waals surface area contributed by atoms with Crippen LogP contribution in [0.25, 0.3) is 11.3 Å². The number of halogens is 1. The molecule has 1 aliphatic carbocycles. The van der Waals surface area contributed by atoms with Crippen molar-refractivity contribution in [2.45, 2.75) is 19.3 Å². The molecule has 0 bridgehead atoms. The molecule has 116 valence electrons. The molecule has 1 fully saturated rings. The zero-order chi connectivity index (χ0) is 15.7. The lowest BCUT2D eigenvalue weighted by molar-refractivity contribution is 0.353. The molecule has 0 N–H and O–H groups in total. The maximum Gasteiger partial charge on any atom is 0.319 e. The van der Waals surface area contributed by atoms with Crippen LogP contribution in [0.2, 0.25) is 0 Å². The molecule has 3 rings (SSSR count).